The van der Waals surface area contributed by atoms with Gasteiger partial charge in [-0.2, -0.15) is 0 Å². The molecule has 36 heavy (non-hydrogen) atoms. The van der Waals surface area contributed by atoms with Crippen LogP contribution < -0.4 is 4.89 Å². The Hall–Kier alpha value is -3.49. The van der Waals surface area contributed by atoms with Crippen molar-refractivity contribution in [3.63, 3.8) is 0 Å². The number of hydrogen-bond acceptors (Lipinski definition) is 5. The molecule has 5 nitrogen and oxygen atoms in total. The van der Waals surface area contributed by atoms with Gasteiger partial charge in [0.05, 0.1) is 0 Å². The van der Waals surface area contributed by atoms with E-state index in [4.69, 9.17) is 0 Å². The maximum absolute atomic E-state index is 14.0. The number of carbonyl (C=O) groups is 2. The highest BCUT2D eigenvalue weighted by Gasteiger charge is 2.54. The third-order valence-corrected chi connectivity index (χ3v) is 10.6. The van der Waals surface area contributed by atoms with E-state index in [0.717, 1.165) is 11.1 Å². The van der Waals surface area contributed by atoms with Crippen LogP contribution in [0.3, 0.4) is 0 Å². The molecule has 0 heterocycles. The van der Waals surface area contributed by atoms with Crippen LogP contribution in [0.5, 0.6) is 0 Å². The zero-order chi connectivity index (χ0) is 26.0. The average molecular weight is 514 g/mol. The number of benzene rings is 4. The summed E-state index contributed by atoms with van der Waals surface area (Å²) in [6.45, 7) is 0.0609. The van der Waals surface area contributed by atoms with Crippen LogP contribution in [0.15, 0.2) is 91.0 Å². The van der Waals surface area contributed by atoms with Crippen LogP contribution >= 0.6 is 14.5 Å². The molecule has 0 aliphatic rings. The summed E-state index contributed by atoms with van der Waals surface area (Å²) < 4.78 is 26.5. The molecule has 7 heteroatoms. The Kier molecular flexibility index (Phi) is 7.28. The fourth-order valence-electron chi connectivity index (χ4n) is 4.58. The Labute approximate surface area is 211 Å². The van der Waals surface area contributed by atoms with E-state index in [9.17, 15) is 23.6 Å². The van der Waals surface area contributed by atoms with E-state index in [2.05, 4.69) is 0 Å². The second-order valence-corrected chi connectivity index (χ2v) is 13.8. The highest BCUT2D eigenvalue weighted by Crippen LogP contribution is 2.69. The largest absolute Gasteiger partial charge is 0.591 e. The lowest BCUT2D eigenvalue weighted by atomic mass is 9.91. The summed E-state index contributed by atoms with van der Waals surface area (Å²) in [5.41, 5.74) is 1.96. The van der Waals surface area contributed by atoms with Gasteiger partial charge in [-0.15, -0.1) is 0 Å². The fourth-order valence-corrected chi connectivity index (χ4v) is 7.74. The van der Waals surface area contributed by atoms with Crippen molar-refractivity contribution in [1.29, 1.82) is 0 Å². The zero-order valence-electron chi connectivity index (χ0n) is 20.1. The summed E-state index contributed by atoms with van der Waals surface area (Å²) >= 11 is 0. The second-order valence-electron chi connectivity index (χ2n) is 8.66. The topological polar surface area (TPSA) is 91.3 Å². The molecule has 2 unspecified atom stereocenters. The van der Waals surface area contributed by atoms with Gasteiger partial charge in [0, 0.05) is 16.7 Å². The van der Waals surface area contributed by atoms with E-state index in [1.807, 2.05) is 49.4 Å². The molecule has 180 valence electrons. The highest BCUT2D eigenvalue weighted by molar-refractivity contribution is 8.40. The quantitative estimate of drug-likeness (QED) is 0.241. The first-order valence-corrected chi connectivity index (χ1v) is 14.9. The molecule has 2 atom stereocenters. The van der Waals surface area contributed by atoms with Gasteiger partial charge in [0.25, 0.3) is 11.0 Å². The Bertz CT molecular complexity index is 1520. The summed E-state index contributed by atoms with van der Waals surface area (Å²) in [7, 11) is -3.89. The van der Waals surface area contributed by atoms with Crippen molar-refractivity contribution in [2.24, 2.45) is 0 Å². The summed E-state index contributed by atoms with van der Waals surface area (Å²) in [6, 6.07) is 26.6. The van der Waals surface area contributed by atoms with Gasteiger partial charge in [-0.3, -0.25) is 14.2 Å². The minimum absolute atomic E-state index is 0.0111. The normalized spacial score (nSPS) is 13.1. The molecule has 0 saturated heterocycles. The minimum Gasteiger partial charge on any atom is -0.591 e. The molecule has 0 aliphatic carbocycles. The van der Waals surface area contributed by atoms with E-state index in [1.165, 1.54) is 6.07 Å². The van der Waals surface area contributed by atoms with Gasteiger partial charge in [-0.05, 0) is 48.6 Å². The first-order chi connectivity index (χ1) is 17.2. The van der Waals surface area contributed by atoms with Gasteiger partial charge < -0.3 is 4.89 Å². The Morgan fingerprint density at radius 3 is 1.78 bits per heavy atom. The molecule has 0 fully saturated rings. The van der Waals surface area contributed by atoms with Crippen molar-refractivity contribution in [1.82, 2.24) is 0 Å². The van der Waals surface area contributed by atoms with Crippen LogP contribution in [0.2, 0.25) is 0 Å². The van der Waals surface area contributed by atoms with Gasteiger partial charge in [-0.25, -0.2) is 0 Å². The van der Waals surface area contributed by atoms with Crippen LogP contribution in [-0.4, -0.2) is 11.0 Å². The lowest BCUT2D eigenvalue weighted by Gasteiger charge is -2.17. The van der Waals surface area contributed by atoms with E-state index < -0.39 is 25.6 Å². The molecule has 0 bridgehead atoms. The lowest BCUT2D eigenvalue weighted by Crippen LogP contribution is -2.14. The maximum atomic E-state index is 14.0. The fraction of sp³-hybridized carbons (Fsp3) is 0.103. The summed E-state index contributed by atoms with van der Waals surface area (Å²) in [5.74, 6) is 0. The van der Waals surface area contributed by atoms with Gasteiger partial charge in [0.1, 0.15) is 0 Å². The predicted molar refractivity (Wildman–Crippen MR) is 142 cm³/mol. The van der Waals surface area contributed by atoms with Crippen molar-refractivity contribution >= 4 is 25.6 Å². The molecule has 0 aromatic heterocycles. The van der Waals surface area contributed by atoms with E-state index in [0.29, 0.717) is 27.8 Å². The van der Waals surface area contributed by atoms with Crippen LogP contribution in [0, 0.1) is 20.8 Å². The molecule has 4 aromatic carbocycles. The number of aryl methyl sites for hydroxylation is 3. The lowest BCUT2D eigenvalue weighted by molar-refractivity contribution is -0.158. The van der Waals surface area contributed by atoms with Crippen LogP contribution in [0.4, 0.5) is 0 Å². The second kappa shape index (κ2) is 10.2. The van der Waals surface area contributed by atoms with Crippen molar-refractivity contribution in [3.05, 3.63) is 119 Å². The molecule has 4 aromatic rings. The molecular formula is C29H24O5P2. The summed E-state index contributed by atoms with van der Waals surface area (Å²) in [5, 5.41) is 0. The summed E-state index contributed by atoms with van der Waals surface area (Å²) in [6.07, 6.45) is 0. The molecule has 0 aliphatic heterocycles. The van der Waals surface area contributed by atoms with Crippen molar-refractivity contribution in [2.75, 3.05) is 0 Å². The zero-order valence-corrected chi connectivity index (χ0v) is 21.9. The highest BCUT2D eigenvalue weighted by atomic mass is 32.1. The van der Waals surface area contributed by atoms with Crippen molar-refractivity contribution in [3.8, 4) is 22.3 Å². The van der Waals surface area contributed by atoms with E-state index >= 15 is 0 Å². The minimum atomic E-state index is -5.07. The monoisotopic (exact) mass is 514 g/mol. The third-order valence-electron chi connectivity index (χ3n) is 6.11. The summed E-state index contributed by atoms with van der Waals surface area (Å²) in [4.78, 5) is 40.0. The van der Waals surface area contributed by atoms with Crippen LogP contribution in [0.25, 0.3) is 22.3 Å². The van der Waals surface area contributed by atoms with Crippen molar-refractivity contribution < 1.29 is 23.6 Å². The number of hydrogen-bond donors (Lipinski definition) is 0. The predicted octanol–water partition coefficient (Wildman–Crippen LogP) is 7.31. The standard InChI is InChI=1S/C29H24O5P2/c1-19-17-20(2)26(21(3)18-19)29(31)36(34,35(32)33)28(30)25-16-10-15-24(22-11-6-4-7-12-22)27(25)23-13-8-5-9-14-23/h4-18H,1-3H3. The molecular weight excluding hydrogens is 490 g/mol. The smallest absolute Gasteiger partial charge is 0.432 e. The van der Waals surface area contributed by atoms with Crippen molar-refractivity contribution in [2.45, 2.75) is 20.8 Å². The average Bonchev–Trinajstić information content (AvgIpc) is 2.87. The maximum Gasteiger partial charge on any atom is 0.432 e. The van der Waals surface area contributed by atoms with Gasteiger partial charge >= 0.3 is 14.5 Å². The Morgan fingerprint density at radius 1 is 0.722 bits per heavy atom. The first-order valence-electron chi connectivity index (χ1n) is 11.3. The Morgan fingerprint density at radius 2 is 1.25 bits per heavy atom. The molecule has 0 spiro atoms. The molecule has 4 rings (SSSR count). The van der Waals surface area contributed by atoms with Crippen LogP contribution in [0.1, 0.15) is 37.4 Å². The molecule has 0 saturated carbocycles. The number of rotatable bonds is 7. The molecule has 0 radical (unpaired) electrons. The third kappa shape index (κ3) is 4.54. The van der Waals surface area contributed by atoms with Gasteiger partial charge in [-0.1, -0.05) is 101 Å². The molecule has 0 N–H and O–H groups in total. The Balaban J connectivity index is 1.98. The van der Waals surface area contributed by atoms with E-state index in [-0.39, 0.29) is 11.1 Å². The van der Waals surface area contributed by atoms with Gasteiger partial charge in [0.2, 0.25) is 0 Å². The van der Waals surface area contributed by atoms with E-state index in [1.54, 1.807) is 56.3 Å². The SMILES string of the molecule is Cc1cc(C)c(C(=O)P(=O)(C(=O)c2cccc(-c3ccccc3)c2-c2ccccc2)[P+](=O)[O-])c(C)c1. The van der Waals surface area contributed by atoms with Gasteiger partial charge in [0.15, 0.2) is 0 Å². The number of carbonyl (C=O) groups excluding carboxylic acids is 2. The van der Waals surface area contributed by atoms with Crippen LogP contribution in [-0.2, 0) is 9.13 Å². The first kappa shape index (κ1) is 25.6. The molecule has 0 amide bonds.